The van der Waals surface area contributed by atoms with Crippen LogP contribution in [0, 0.1) is 17.2 Å². The molecule has 1 aromatic heterocycles. The number of nitrogens with zero attached hydrogens (tertiary/aromatic N) is 6. The van der Waals surface area contributed by atoms with Crippen LogP contribution in [0.25, 0.3) is 11.4 Å². The van der Waals surface area contributed by atoms with Crippen molar-refractivity contribution in [3.63, 3.8) is 0 Å². The third kappa shape index (κ3) is 3.44. The van der Waals surface area contributed by atoms with E-state index < -0.39 is 0 Å². The van der Waals surface area contributed by atoms with Gasteiger partial charge in [-0.1, -0.05) is 6.08 Å². The van der Waals surface area contributed by atoms with Gasteiger partial charge in [-0.05, 0) is 68.8 Å². The number of anilines is 1. The second-order valence-corrected chi connectivity index (χ2v) is 8.59. The van der Waals surface area contributed by atoms with E-state index in [0.717, 1.165) is 48.4 Å². The van der Waals surface area contributed by atoms with Crippen LogP contribution in [0.1, 0.15) is 37.7 Å². The monoisotopic (exact) mass is 388 g/mol. The molecule has 6 nitrogen and oxygen atoms in total. The van der Waals surface area contributed by atoms with Crippen molar-refractivity contribution in [3.05, 3.63) is 42.5 Å². The molecule has 3 fully saturated rings. The molecular formula is C23H28N6. The van der Waals surface area contributed by atoms with Crippen molar-refractivity contribution in [2.75, 3.05) is 24.5 Å². The fraction of sp³-hybridized carbons (Fsp3) is 0.522. The van der Waals surface area contributed by atoms with Gasteiger partial charge in [0.15, 0.2) is 5.82 Å². The van der Waals surface area contributed by atoms with E-state index in [1.165, 1.54) is 38.6 Å². The molecule has 29 heavy (non-hydrogen) atoms. The Labute approximate surface area is 172 Å². The zero-order valence-electron chi connectivity index (χ0n) is 16.9. The summed E-state index contributed by atoms with van der Waals surface area (Å²) in [4.78, 5) is 5.24. The third-order valence-corrected chi connectivity index (χ3v) is 6.72. The summed E-state index contributed by atoms with van der Waals surface area (Å²) in [6.45, 7) is 8.01. The molecule has 0 radical (unpaired) electrons. The van der Waals surface area contributed by atoms with Gasteiger partial charge in [0, 0.05) is 37.3 Å². The van der Waals surface area contributed by atoms with E-state index in [9.17, 15) is 0 Å². The minimum atomic E-state index is 0.656. The highest BCUT2D eigenvalue weighted by Gasteiger charge is 2.42. The van der Waals surface area contributed by atoms with E-state index in [2.05, 4.69) is 37.2 Å². The molecule has 5 rings (SSSR count). The van der Waals surface area contributed by atoms with Crippen LogP contribution in [0.3, 0.4) is 0 Å². The highest BCUT2D eigenvalue weighted by atomic mass is 15.4. The summed E-state index contributed by atoms with van der Waals surface area (Å²) >= 11 is 0. The lowest BCUT2D eigenvalue weighted by Gasteiger charge is -2.47. The standard InChI is InChI=1S/C23H28N6/c1-2-12-29-22(18-7-5-17(15-24)6-8-18)25-26-23(29)27-14-11-21-19(16-27)4-3-13-28(21)20-9-10-20/h2,5-8,19-21H,1,3-4,9-14,16H2. The molecule has 2 atom stereocenters. The zero-order valence-corrected chi connectivity index (χ0v) is 16.9. The first-order valence-corrected chi connectivity index (χ1v) is 10.8. The average molecular weight is 389 g/mol. The second kappa shape index (κ2) is 7.64. The van der Waals surface area contributed by atoms with Crippen LogP contribution in [0.5, 0.6) is 0 Å². The smallest absolute Gasteiger partial charge is 0.227 e. The summed E-state index contributed by atoms with van der Waals surface area (Å²) in [6.07, 6.45) is 8.56. The topological polar surface area (TPSA) is 61.0 Å². The first-order chi connectivity index (χ1) is 14.3. The van der Waals surface area contributed by atoms with E-state index in [1.54, 1.807) is 0 Å². The Morgan fingerprint density at radius 1 is 1.10 bits per heavy atom. The van der Waals surface area contributed by atoms with E-state index in [4.69, 9.17) is 5.26 Å². The Morgan fingerprint density at radius 2 is 1.93 bits per heavy atom. The Hall–Kier alpha value is -2.65. The maximum atomic E-state index is 9.06. The first kappa shape index (κ1) is 18.4. The molecule has 3 aliphatic rings. The minimum Gasteiger partial charge on any atom is -0.340 e. The molecule has 150 valence electrons. The number of hydrogen-bond acceptors (Lipinski definition) is 5. The Balaban J connectivity index is 1.40. The number of allylic oxidation sites excluding steroid dienone is 1. The number of rotatable bonds is 5. The van der Waals surface area contributed by atoms with Crippen LogP contribution in [-0.2, 0) is 6.54 Å². The van der Waals surface area contributed by atoms with Crippen molar-refractivity contribution in [1.29, 1.82) is 5.26 Å². The van der Waals surface area contributed by atoms with Crippen LogP contribution in [0.4, 0.5) is 5.95 Å². The lowest BCUT2D eigenvalue weighted by atomic mass is 9.84. The Bertz CT molecular complexity index is 920. The van der Waals surface area contributed by atoms with Gasteiger partial charge in [0.1, 0.15) is 0 Å². The molecule has 2 saturated heterocycles. The summed E-state index contributed by atoms with van der Waals surface area (Å²) in [6, 6.07) is 11.4. The largest absolute Gasteiger partial charge is 0.340 e. The molecule has 6 heteroatoms. The number of likely N-dealkylation sites (tertiary alicyclic amines) is 1. The van der Waals surface area contributed by atoms with Crippen molar-refractivity contribution >= 4 is 5.95 Å². The minimum absolute atomic E-state index is 0.656. The third-order valence-electron chi connectivity index (χ3n) is 6.72. The van der Waals surface area contributed by atoms with Crippen molar-refractivity contribution < 1.29 is 0 Å². The second-order valence-electron chi connectivity index (χ2n) is 8.59. The molecule has 0 bridgehead atoms. The lowest BCUT2D eigenvalue weighted by molar-refractivity contribution is 0.0693. The van der Waals surface area contributed by atoms with Crippen molar-refractivity contribution in [2.24, 2.45) is 5.92 Å². The van der Waals surface area contributed by atoms with E-state index >= 15 is 0 Å². The predicted molar refractivity (Wildman–Crippen MR) is 113 cm³/mol. The van der Waals surface area contributed by atoms with Gasteiger partial charge in [0.25, 0.3) is 0 Å². The van der Waals surface area contributed by atoms with Gasteiger partial charge in [-0.3, -0.25) is 9.47 Å². The van der Waals surface area contributed by atoms with Gasteiger partial charge in [0.05, 0.1) is 11.6 Å². The number of hydrogen-bond donors (Lipinski definition) is 0. The number of piperidine rings is 2. The van der Waals surface area contributed by atoms with Crippen molar-refractivity contribution in [2.45, 2.75) is 50.7 Å². The molecule has 2 aromatic rings. The predicted octanol–water partition coefficient (Wildman–Crippen LogP) is 3.46. The summed E-state index contributed by atoms with van der Waals surface area (Å²) in [7, 11) is 0. The molecule has 2 aliphatic heterocycles. The van der Waals surface area contributed by atoms with Gasteiger partial charge in [-0.2, -0.15) is 5.26 Å². The first-order valence-electron chi connectivity index (χ1n) is 10.8. The molecule has 0 amide bonds. The van der Waals surface area contributed by atoms with Crippen LogP contribution < -0.4 is 4.90 Å². The highest BCUT2D eigenvalue weighted by Crippen LogP contribution is 2.39. The molecule has 3 heterocycles. The number of fused-ring (bicyclic) bond motifs is 1. The maximum absolute atomic E-state index is 9.06. The van der Waals surface area contributed by atoms with Crippen LogP contribution in [-0.4, -0.2) is 51.4 Å². The normalized spacial score (nSPS) is 24.7. The molecule has 0 N–H and O–H groups in total. The SMILES string of the molecule is C=CCn1c(-c2ccc(C#N)cc2)nnc1N1CCC2C(CCCN2C2CC2)C1. The summed E-state index contributed by atoms with van der Waals surface area (Å²) < 4.78 is 2.16. The molecule has 0 spiro atoms. The molecule has 1 aliphatic carbocycles. The van der Waals surface area contributed by atoms with Crippen LogP contribution in [0.2, 0.25) is 0 Å². The van der Waals surface area contributed by atoms with Gasteiger partial charge in [-0.15, -0.1) is 16.8 Å². The fourth-order valence-electron chi connectivity index (χ4n) is 5.22. The average Bonchev–Trinajstić information content (AvgIpc) is 3.53. The van der Waals surface area contributed by atoms with E-state index in [-0.39, 0.29) is 0 Å². The lowest BCUT2D eigenvalue weighted by Crippen LogP contribution is -2.55. The van der Waals surface area contributed by atoms with Crippen LogP contribution in [0.15, 0.2) is 36.9 Å². The van der Waals surface area contributed by atoms with Gasteiger partial charge in [-0.25, -0.2) is 0 Å². The van der Waals surface area contributed by atoms with Gasteiger partial charge < -0.3 is 4.90 Å². The Morgan fingerprint density at radius 3 is 2.66 bits per heavy atom. The van der Waals surface area contributed by atoms with E-state index in [1.807, 2.05) is 30.3 Å². The van der Waals surface area contributed by atoms with Crippen molar-refractivity contribution in [3.8, 4) is 17.5 Å². The van der Waals surface area contributed by atoms with E-state index in [0.29, 0.717) is 12.1 Å². The summed E-state index contributed by atoms with van der Waals surface area (Å²) in [5.74, 6) is 2.52. The molecule has 2 unspecified atom stereocenters. The summed E-state index contributed by atoms with van der Waals surface area (Å²) in [5, 5.41) is 18.2. The van der Waals surface area contributed by atoms with Gasteiger partial charge in [0.2, 0.25) is 5.95 Å². The number of benzene rings is 1. The van der Waals surface area contributed by atoms with Gasteiger partial charge >= 0.3 is 0 Å². The molecular weight excluding hydrogens is 360 g/mol. The zero-order chi connectivity index (χ0) is 19.8. The van der Waals surface area contributed by atoms with Crippen molar-refractivity contribution in [1.82, 2.24) is 19.7 Å². The summed E-state index contributed by atoms with van der Waals surface area (Å²) in [5.41, 5.74) is 1.64. The number of nitriles is 1. The fourth-order valence-corrected chi connectivity index (χ4v) is 5.22. The Kier molecular flexibility index (Phi) is 4.84. The molecule has 1 saturated carbocycles. The number of aromatic nitrogens is 3. The maximum Gasteiger partial charge on any atom is 0.227 e. The quantitative estimate of drug-likeness (QED) is 0.734. The molecule has 1 aromatic carbocycles. The highest BCUT2D eigenvalue weighted by molar-refractivity contribution is 5.59. The van der Waals surface area contributed by atoms with Crippen LogP contribution >= 0.6 is 0 Å².